The summed E-state index contributed by atoms with van der Waals surface area (Å²) in [4.78, 5) is 12.5. The van der Waals surface area contributed by atoms with Crippen molar-refractivity contribution in [1.82, 2.24) is 15.2 Å². The lowest BCUT2D eigenvalue weighted by molar-refractivity contribution is 0.0952. The molecule has 0 saturated heterocycles. The molecule has 0 unspecified atom stereocenters. The number of amides is 1. The zero-order valence-corrected chi connectivity index (χ0v) is 16.6. The fourth-order valence-electron chi connectivity index (χ4n) is 3.04. The Morgan fingerprint density at radius 1 is 1.17 bits per heavy atom. The van der Waals surface area contributed by atoms with E-state index >= 15 is 0 Å². The number of hydrogen-bond donors (Lipinski definition) is 2. The summed E-state index contributed by atoms with van der Waals surface area (Å²) in [6.45, 7) is 1.74. The number of aryl methyl sites for hydroxylation is 1. The standard InChI is InChI=1S/C22H16ClFN4O2/c1-13-19(21(23)28(27-13)17-8-6-16(24)7-9-17)12-25-26-22(30)18-10-14-4-2-3-5-15(14)11-20(18)29/h2-12,29H,1H3,(H,26,30)/b25-12+. The number of aromatic nitrogens is 2. The quantitative estimate of drug-likeness (QED) is 0.372. The number of carbonyl (C=O) groups excluding carboxylic acids is 1. The highest BCUT2D eigenvalue weighted by molar-refractivity contribution is 6.32. The van der Waals surface area contributed by atoms with Gasteiger partial charge in [0, 0.05) is 0 Å². The van der Waals surface area contributed by atoms with Gasteiger partial charge in [0.1, 0.15) is 16.7 Å². The third-order valence-corrected chi connectivity index (χ3v) is 4.95. The number of hydrogen-bond acceptors (Lipinski definition) is 4. The molecule has 6 nitrogen and oxygen atoms in total. The monoisotopic (exact) mass is 422 g/mol. The molecule has 30 heavy (non-hydrogen) atoms. The summed E-state index contributed by atoms with van der Waals surface area (Å²) in [5.41, 5.74) is 4.17. The average Bonchev–Trinajstić information content (AvgIpc) is 3.02. The number of aromatic hydroxyl groups is 1. The van der Waals surface area contributed by atoms with E-state index in [1.807, 2.05) is 24.3 Å². The van der Waals surface area contributed by atoms with Gasteiger partial charge in [0.15, 0.2) is 0 Å². The molecule has 0 aliphatic rings. The number of phenolic OH excluding ortho intramolecular Hbond substituents is 1. The van der Waals surface area contributed by atoms with E-state index < -0.39 is 5.91 Å². The smallest absolute Gasteiger partial charge is 0.275 e. The number of hydrazone groups is 1. The average molecular weight is 423 g/mol. The van der Waals surface area contributed by atoms with Crippen LogP contribution in [0.3, 0.4) is 0 Å². The number of halogens is 2. The SMILES string of the molecule is Cc1nn(-c2ccc(F)cc2)c(Cl)c1/C=N/NC(=O)c1cc2ccccc2cc1O. The van der Waals surface area contributed by atoms with E-state index in [-0.39, 0.29) is 22.3 Å². The lowest BCUT2D eigenvalue weighted by atomic mass is 10.1. The Labute approximate surface area is 176 Å². The topological polar surface area (TPSA) is 79.5 Å². The van der Waals surface area contributed by atoms with E-state index in [4.69, 9.17) is 11.6 Å². The van der Waals surface area contributed by atoms with Crippen molar-refractivity contribution in [3.8, 4) is 11.4 Å². The Morgan fingerprint density at radius 3 is 2.53 bits per heavy atom. The van der Waals surface area contributed by atoms with Gasteiger partial charge in [0.05, 0.1) is 28.7 Å². The molecule has 0 radical (unpaired) electrons. The van der Waals surface area contributed by atoms with Crippen molar-refractivity contribution in [2.75, 3.05) is 0 Å². The summed E-state index contributed by atoms with van der Waals surface area (Å²) in [7, 11) is 0. The highest BCUT2D eigenvalue weighted by Gasteiger charge is 2.15. The fourth-order valence-corrected chi connectivity index (χ4v) is 3.36. The molecule has 4 rings (SSSR count). The van der Waals surface area contributed by atoms with Gasteiger partial charge in [-0.25, -0.2) is 14.5 Å². The van der Waals surface area contributed by atoms with Crippen LogP contribution in [0.4, 0.5) is 4.39 Å². The zero-order valence-electron chi connectivity index (χ0n) is 15.8. The van der Waals surface area contributed by atoms with Gasteiger partial charge in [-0.3, -0.25) is 4.79 Å². The van der Waals surface area contributed by atoms with Crippen LogP contribution in [0, 0.1) is 12.7 Å². The molecule has 150 valence electrons. The van der Waals surface area contributed by atoms with Crippen molar-refractivity contribution in [1.29, 1.82) is 0 Å². The fraction of sp³-hybridized carbons (Fsp3) is 0.0455. The highest BCUT2D eigenvalue weighted by Crippen LogP contribution is 2.25. The molecule has 0 bridgehead atoms. The van der Waals surface area contributed by atoms with Crippen LogP contribution in [0.1, 0.15) is 21.6 Å². The minimum atomic E-state index is -0.561. The van der Waals surface area contributed by atoms with Crippen LogP contribution in [-0.4, -0.2) is 27.0 Å². The van der Waals surface area contributed by atoms with Crippen molar-refractivity contribution < 1.29 is 14.3 Å². The van der Waals surface area contributed by atoms with E-state index in [1.165, 1.54) is 29.1 Å². The predicted octanol–water partition coefficient (Wildman–Crippen LogP) is 4.60. The van der Waals surface area contributed by atoms with Crippen LogP contribution in [0.25, 0.3) is 16.5 Å². The molecule has 0 fully saturated rings. The molecule has 2 N–H and O–H groups in total. The van der Waals surface area contributed by atoms with E-state index in [9.17, 15) is 14.3 Å². The maximum atomic E-state index is 13.1. The molecule has 4 aromatic rings. The van der Waals surface area contributed by atoms with Crippen LogP contribution < -0.4 is 5.43 Å². The zero-order chi connectivity index (χ0) is 21.3. The van der Waals surface area contributed by atoms with Gasteiger partial charge in [-0.1, -0.05) is 35.9 Å². The van der Waals surface area contributed by atoms with Gasteiger partial charge in [0.25, 0.3) is 5.91 Å². The molecule has 1 aromatic heterocycles. The highest BCUT2D eigenvalue weighted by atomic mass is 35.5. The first-order valence-electron chi connectivity index (χ1n) is 9.00. The van der Waals surface area contributed by atoms with Crippen LogP contribution in [-0.2, 0) is 0 Å². The van der Waals surface area contributed by atoms with Gasteiger partial charge >= 0.3 is 0 Å². The maximum Gasteiger partial charge on any atom is 0.275 e. The molecule has 1 heterocycles. The Kier molecular flexibility index (Phi) is 5.20. The number of benzene rings is 3. The van der Waals surface area contributed by atoms with Crippen LogP contribution in [0.5, 0.6) is 5.75 Å². The normalized spacial score (nSPS) is 11.3. The number of nitrogens with one attached hydrogen (secondary N) is 1. The van der Waals surface area contributed by atoms with Gasteiger partial charge in [-0.15, -0.1) is 0 Å². The Hall–Kier alpha value is -3.71. The summed E-state index contributed by atoms with van der Waals surface area (Å²) < 4.78 is 14.6. The molecule has 0 saturated carbocycles. The van der Waals surface area contributed by atoms with Crippen LogP contribution in [0.15, 0.2) is 65.8 Å². The number of nitrogens with zero attached hydrogens (tertiary/aromatic N) is 3. The van der Waals surface area contributed by atoms with E-state index in [0.29, 0.717) is 16.9 Å². The third kappa shape index (κ3) is 3.75. The summed E-state index contributed by atoms with van der Waals surface area (Å²) in [5, 5.41) is 20.4. The summed E-state index contributed by atoms with van der Waals surface area (Å²) in [6.07, 6.45) is 1.38. The first-order chi connectivity index (χ1) is 14.4. The van der Waals surface area contributed by atoms with Gasteiger partial charge in [0.2, 0.25) is 0 Å². The first kappa shape index (κ1) is 19.6. The second kappa shape index (κ2) is 7.96. The molecule has 0 spiro atoms. The minimum absolute atomic E-state index is 0.107. The number of fused-ring (bicyclic) bond motifs is 1. The largest absolute Gasteiger partial charge is 0.507 e. The molecular weight excluding hydrogens is 407 g/mol. The summed E-state index contributed by atoms with van der Waals surface area (Å²) in [6, 6.07) is 16.3. The summed E-state index contributed by atoms with van der Waals surface area (Å²) >= 11 is 6.39. The summed E-state index contributed by atoms with van der Waals surface area (Å²) in [5.74, 6) is -1.06. The third-order valence-electron chi connectivity index (χ3n) is 4.59. The van der Waals surface area contributed by atoms with E-state index in [0.717, 1.165) is 10.8 Å². The van der Waals surface area contributed by atoms with Crippen LogP contribution in [0.2, 0.25) is 5.15 Å². The Bertz CT molecular complexity index is 1280. The van der Waals surface area contributed by atoms with Crippen molar-refractivity contribution in [3.05, 3.63) is 88.5 Å². The van der Waals surface area contributed by atoms with Crippen LogP contribution >= 0.6 is 11.6 Å². The lowest BCUT2D eigenvalue weighted by Gasteiger charge is -2.05. The number of carbonyl (C=O) groups is 1. The minimum Gasteiger partial charge on any atom is -0.507 e. The molecule has 1 amide bonds. The van der Waals surface area contributed by atoms with Gasteiger partial charge in [-0.2, -0.15) is 10.2 Å². The number of rotatable bonds is 4. The molecule has 0 atom stereocenters. The van der Waals surface area contributed by atoms with Crippen molar-refractivity contribution >= 4 is 34.5 Å². The van der Waals surface area contributed by atoms with E-state index in [2.05, 4.69) is 15.6 Å². The predicted molar refractivity (Wildman–Crippen MR) is 114 cm³/mol. The number of phenols is 1. The molecule has 8 heteroatoms. The maximum absolute atomic E-state index is 13.1. The Balaban J connectivity index is 1.56. The van der Waals surface area contributed by atoms with Crippen molar-refractivity contribution in [2.45, 2.75) is 6.92 Å². The van der Waals surface area contributed by atoms with Crippen molar-refractivity contribution in [2.24, 2.45) is 5.10 Å². The molecular formula is C22H16ClFN4O2. The Morgan fingerprint density at radius 2 is 1.83 bits per heavy atom. The van der Waals surface area contributed by atoms with E-state index in [1.54, 1.807) is 25.1 Å². The lowest BCUT2D eigenvalue weighted by Crippen LogP contribution is -2.17. The molecule has 0 aliphatic carbocycles. The second-order valence-corrected chi connectivity index (χ2v) is 6.95. The van der Waals surface area contributed by atoms with Crippen molar-refractivity contribution in [3.63, 3.8) is 0 Å². The van der Waals surface area contributed by atoms with Gasteiger partial charge < -0.3 is 5.11 Å². The van der Waals surface area contributed by atoms with Gasteiger partial charge in [-0.05, 0) is 54.1 Å². The first-order valence-corrected chi connectivity index (χ1v) is 9.38. The molecule has 0 aliphatic heterocycles. The molecule has 3 aromatic carbocycles. The second-order valence-electron chi connectivity index (χ2n) is 6.59.